The summed E-state index contributed by atoms with van der Waals surface area (Å²) in [5.74, 6) is 0.355. The number of halogens is 1. The first kappa shape index (κ1) is 10.6. The minimum Gasteiger partial charge on any atom is -0.334 e. The largest absolute Gasteiger partial charge is 0.334 e. The van der Waals surface area contributed by atoms with E-state index in [4.69, 9.17) is 4.52 Å². The Balaban J connectivity index is 2.04. The number of rotatable bonds is 3. The summed E-state index contributed by atoms with van der Waals surface area (Å²) in [4.78, 5) is 4.01. The van der Waals surface area contributed by atoms with Crippen LogP contribution in [0, 0.1) is 19.7 Å². The quantitative estimate of drug-likeness (QED) is 0.864. The number of hydrogen-bond acceptors (Lipinski definition) is 4. The Bertz CT molecular complexity index is 496. The SMILES string of the molecule is Cc1noc(NCc2ccc(F)cc2C)n1. The highest BCUT2D eigenvalue weighted by molar-refractivity contribution is 5.30. The Morgan fingerprint density at radius 1 is 1.38 bits per heavy atom. The average molecular weight is 221 g/mol. The summed E-state index contributed by atoms with van der Waals surface area (Å²) in [6, 6.07) is 5.04. The lowest BCUT2D eigenvalue weighted by atomic mass is 10.1. The predicted molar refractivity (Wildman–Crippen MR) is 57.5 cm³/mol. The number of nitrogens with one attached hydrogen (secondary N) is 1. The van der Waals surface area contributed by atoms with Gasteiger partial charge in [-0.3, -0.25) is 0 Å². The molecule has 1 N–H and O–H groups in total. The molecule has 84 valence electrons. The van der Waals surface area contributed by atoms with Crippen LogP contribution < -0.4 is 5.32 Å². The lowest BCUT2D eigenvalue weighted by Crippen LogP contribution is -2.01. The number of anilines is 1. The molecule has 16 heavy (non-hydrogen) atoms. The van der Waals surface area contributed by atoms with E-state index in [0.29, 0.717) is 18.4 Å². The van der Waals surface area contributed by atoms with E-state index in [2.05, 4.69) is 15.5 Å². The molecule has 0 aliphatic heterocycles. The molecule has 0 radical (unpaired) electrons. The van der Waals surface area contributed by atoms with Gasteiger partial charge >= 0.3 is 6.01 Å². The van der Waals surface area contributed by atoms with Crippen LogP contribution in [-0.4, -0.2) is 10.1 Å². The maximum absolute atomic E-state index is 12.9. The van der Waals surface area contributed by atoms with E-state index in [1.165, 1.54) is 12.1 Å². The fourth-order valence-electron chi connectivity index (χ4n) is 1.40. The summed E-state index contributed by atoms with van der Waals surface area (Å²) >= 11 is 0. The van der Waals surface area contributed by atoms with Crippen LogP contribution in [0.25, 0.3) is 0 Å². The van der Waals surface area contributed by atoms with Gasteiger partial charge < -0.3 is 9.84 Å². The molecule has 0 spiro atoms. The van der Waals surface area contributed by atoms with Gasteiger partial charge in [-0.05, 0) is 37.1 Å². The number of hydrogen-bond donors (Lipinski definition) is 1. The summed E-state index contributed by atoms with van der Waals surface area (Å²) in [7, 11) is 0. The molecule has 0 bridgehead atoms. The molecule has 0 saturated heterocycles. The molecule has 5 heteroatoms. The highest BCUT2D eigenvalue weighted by atomic mass is 19.1. The Morgan fingerprint density at radius 2 is 2.19 bits per heavy atom. The average Bonchev–Trinajstić information content (AvgIpc) is 2.63. The van der Waals surface area contributed by atoms with Crippen molar-refractivity contribution in [1.82, 2.24) is 10.1 Å². The topological polar surface area (TPSA) is 51.0 Å². The molecular formula is C11H12FN3O. The summed E-state index contributed by atoms with van der Waals surface area (Å²) in [6.45, 7) is 4.14. The van der Waals surface area contributed by atoms with Gasteiger partial charge in [-0.15, -0.1) is 0 Å². The molecule has 2 rings (SSSR count). The Hall–Kier alpha value is -1.91. The Morgan fingerprint density at radius 3 is 2.81 bits per heavy atom. The fourth-order valence-corrected chi connectivity index (χ4v) is 1.40. The van der Waals surface area contributed by atoms with Crippen LogP contribution in [0.2, 0.25) is 0 Å². The molecular weight excluding hydrogens is 209 g/mol. The molecule has 0 atom stereocenters. The lowest BCUT2D eigenvalue weighted by molar-refractivity contribution is 0.425. The maximum atomic E-state index is 12.9. The van der Waals surface area contributed by atoms with Crippen LogP contribution in [0.3, 0.4) is 0 Å². The second kappa shape index (κ2) is 4.30. The van der Waals surface area contributed by atoms with Crippen molar-refractivity contribution in [3.63, 3.8) is 0 Å². The first-order chi connectivity index (χ1) is 7.65. The van der Waals surface area contributed by atoms with Crippen molar-refractivity contribution in [2.75, 3.05) is 5.32 Å². The first-order valence-corrected chi connectivity index (χ1v) is 4.94. The normalized spacial score (nSPS) is 10.4. The van der Waals surface area contributed by atoms with Gasteiger partial charge in [0.2, 0.25) is 0 Å². The minimum atomic E-state index is -0.227. The molecule has 0 fully saturated rings. The van der Waals surface area contributed by atoms with Crippen molar-refractivity contribution in [3.8, 4) is 0 Å². The number of aromatic nitrogens is 2. The van der Waals surface area contributed by atoms with Gasteiger partial charge in [-0.2, -0.15) is 4.98 Å². The molecule has 4 nitrogen and oxygen atoms in total. The van der Waals surface area contributed by atoms with Gasteiger partial charge in [-0.1, -0.05) is 11.2 Å². The minimum absolute atomic E-state index is 0.227. The van der Waals surface area contributed by atoms with E-state index in [0.717, 1.165) is 11.1 Å². The molecule has 1 heterocycles. The van der Waals surface area contributed by atoms with Crippen molar-refractivity contribution < 1.29 is 8.91 Å². The summed E-state index contributed by atoms with van der Waals surface area (Å²) in [6.07, 6.45) is 0. The van der Waals surface area contributed by atoms with E-state index in [1.807, 2.05) is 6.92 Å². The molecule has 0 unspecified atom stereocenters. The number of benzene rings is 1. The zero-order valence-corrected chi connectivity index (χ0v) is 9.12. The highest BCUT2D eigenvalue weighted by Gasteiger charge is 2.03. The van der Waals surface area contributed by atoms with Gasteiger partial charge in [0, 0.05) is 6.54 Å². The first-order valence-electron chi connectivity index (χ1n) is 4.94. The smallest absolute Gasteiger partial charge is 0.321 e. The highest BCUT2D eigenvalue weighted by Crippen LogP contribution is 2.12. The zero-order chi connectivity index (χ0) is 11.5. The molecule has 2 aromatic rings. The van der Waals surface area contributed by atoms with Crippen molar-refractivity contribution in [2.45, 2.75) is 20.4 Å². The van der Waals surface area contributed by atoms with Gasteiger partial charge in [0.05, 0.1) is 0 Å². The molecule has 0 aliphatic rings. The van der Waals surface area contributed by atoms with Gasteiger partial charge in [-0.25, -0.2) is 4.39 Å². The van der Waals surface area contributed by atoms with Crippen LogP contribution in [0.15, 0.2) is 22.7 Å². The molecule has 0 amide bonds. The Labute approximate surface area is 92.5 Å². The maximum Gasteiger partial charge on any atom is 0.321 e. The predicted octanol–water partition coefficient (Wildman–Crippen LogP) is 2.44. The van der Waals surface area contributed by atoms with Crippen molar-refractivity contribution in [2.24, 2.45) is 0 Å². The van der Waals surface area contributed by atoms with Gasteiger partial charge in [0.1, 0.15) is 5.82 Å². The van der Waals surface area contributed by atoms with Gasteiger partial charge in [0.25, 0.3) is 0 Å². The zero-order valence-electron chi connectivity index (χ0n) is 9.12. The van der Waals surface area contributed by atoms with E-state index >= 15 is 0 Å². The van der Waals surface area contributed by atoms with E-state index < -0.39 is 0 Å². The summed E-state index contributed by atoms with van der Waals surface area (Å²) in [5.41, 5.74) is 1.89. The van der Waals surface area contributed by atoms with Gasteiger partial charge in [0.15, 0.2) is 5.82 Å². The van der Waals surface area contributed by atoms with Crippen LogP contribution >= 0.6 is 0 Å². The standard InChI is InChI=1S/C11H12FN3O/c1-7-5-10(12)4-3-9(7)6-13-11-14-8(2)15-16-11/h3-5H,6H2,1-2H3,(H,13,14,15). The molecule has 1 aromatic heterocycles. The van der Waals surface area contributed by atoms with E-state index in [-0.39, 0.29) is 5.82 Å². The molecule has 0 saturated carbocycles. The number of aryl methyl sites for hydroxylation is 2. The third-order valence-corrected chi connectivity index (χ3v) is 2.26. The second-order valence-corrected chi connectivity index (χ2v) is 3.57. The summed E-state index contributed by atoms with van der Waals surface area (Å²) in [5, 5.41) is 6.64. The third kappa shape index (κ3) is 2.36. The molecule has 1 aromatic carbocycles. The monoisotopic (exact) mass is 221 g/mol. The van der Waals surface area contributed by atoms with E-state index in [1.54, 1.807) is 13.0 Å². The number of nitrogens with zero attached hydrogens (tertiary/aromatic N) is 2. The van der Waals surface area contributed by atoms with Crippen molar-refractivity contribution in [1.29, 1.82) is 0 Å². The van der Waals surface area contributed by atoms with Crippen LogP contribution in [-0.2, 0) is 6.54 Å². The fraction of sp³-hybridized carbons (Fsp3) is 0.273. The third-order valence-electron chi connectivity index (χ3n) is 2.26. The lowest BCUT2D eigenvalue weighted by Gasteiger charge is -2.05. The summed E-state index contributed by atoms with van der Waals surface area (Å²) < 4.78 is 17.8. The van der Waals surface area contributed by atoms with Crippen LogP contribution in [0.4, 0.5) is 10.4 Å². The second-order valence-electron chi connectivity index (χ2n) is 3.57. The van der Waals surface area contributed by atoms with E-state index in [9.17, 15) is 4.39 Å². The van der Waals surface area contributed by atoms with Crippen LogP contribution in [0.5, 0.6) is 0 Å². The van der Waals surface area contributed by atoms with Crippen LogP contribution in [0.1, 0.15) is 17.0 Å². The van der Waals surface area contributed by atoms with Crippen molar-refractivity contribution in [3.05, 3.63) is 41.0 Å². The molecule has 0 aliphatic carbocycles. The van der Waals surface area contributed by atoms with Crippen molar-refractivity contribution >= 4 is 6.01 Å². The Kier molecular flexibility index (Phi) is 2.85.